The Morgan fingerprint density at radius 3 is 3.06 bits per heavy atom. The minimum absolute atomic E-state index is 0.206. The minimum atomic E-state index is -0.206. The molecule has 0 N–H and O–H groups in total. The predicted octanol–water partition coefficient (Wildman–Crippen LogP) is 2.64. The highest BCUT2D eigenvalue weighted by molar-refractivity contribution is 8.01. The van der Waals surface area contributed by atoms with Crippen LogP contribution in [0.1, 0.15) is 0 Å². The molecule has 0 fully saturated rings. The van der Waals surface area contributed by atoms with Gasteiger partial charge in [0, 0.05) is 6.07 Å². The molecule has 5 heteroatoms. The summed E-state index contributed by atoms with van der Waals surface area (Å²) >= 11 is 3.19. The monoisotopic (exact) mass is 280 g/mol. The first kappa shape index (κ1) is 13.1. The molecular weight excluding hydrogens is 266 g/mol. The van der Waals surface area contributed by atoms with Gasteiger partial charge in [-0.05, 0) is 23.9 Å². The molecule has 0 spiro atoms. The quantitative estimate of drug-likeness (QED) is 0.365. The number of nitrogens with zero attached hydrogens (tertiary/aromatic N) is 1. The molecule has 0 radical (unpaired) electrons. The van der Waals surface area contributed by atoms with Crippen LogP contribution < -0.4 is 4.57 Å². The Bertz CT molecular complexity index is 577. The summed E-state index contributed by atoms with van der Waals surface area (Å²) < 4.78 is 9.14. The van der Waals surface area contributed by atoms with Crippen molar-refractivity contribution < 1.29 is 14.1 Å². The number of methoxy groups -OCH3 is 1. The Balaban J connectivity index is 2.33. The van der Waals surface area contributed by atoms with Crippen LogP contribution in [0.5, 0.6) is 0 Å². The molecular formula is C13H14NO2S2+. The van der Waals surface area contributed by atoms with Crippen molar-refractivity contribution in [1.82, 2.24) is 0 Å². The van der Waals surface area contributed by atoms with Gasteiger partial charge >= 0.3 is 5.97 Å². The van der Waals surface area contributed by atoms with Crippen molar-refractivity contribution in [2.45, 2.75) is 10.9 Å². The second-order valence-corrected chi connectivity index (χ2v) is 5.85. The van der Waals surface area contributed by atoms with Crippen LogP contribution in [0.15, 0.2) is 41.3 Å². The molecule has 0 unspecified atom stereocenters. The molecule has 3 nitrogen and oxygen atoms in total. The maximum absolute atomic E-state index is 11.2. The lowest BCUT2D eigenvalue weighted by atomic mass is 10.3. The Kier molecular flexibility index (Phi) is 4.38. The van der Waals surface area contributed by atoms with Gasteiger partial charge in [-0.15, -0.1) is 0 Å². The van der Waals surface area contributed by atoms with Gasteiger partial charge in [0.15, 0.2) is 6.54 Å². The van der Waals surface area contributed by atoms with Gasteiger partial charge in [-0.25, -0.2) is 0 Å². The van der Waals surface area contributed by atoms with E-state index in [4.69, 9.17) is 0 Å². The molecule has 18 heavy (non-hydrogen) atoms. The Morgan fingerprint density at radius 1 is 1.56 bits per heavy atom. The van der Waals surface area contributed by atoms with Gasteiger partial charge < -0.3 is 4.74 Å². The molecule has 0 bridgehead atoms. The van der Waals surface area contributed by atoms with Gasteiger partial charge in [0.05, 0.1) is 7.11 Å². The number of carbonyl (C=O) groups is 1. The van der Waals surface area contributed by atoms with Crippen molar-refractivity contribution in [3.63, 3.8) is 0 Å². The molecule has 1 heterocycles. The van der Waals surface area contributed by atoms with E-state index in [-0.39, 0.29) is 5.97 Å². The van der Waals surface area contributed by atoms with Crippen molar-refractivity contribution in [3.05, 3.63) is 36.9 Å². The molecule has 2 aromatic rings. The number of ether oxygens (including phenoxy) is 1. The van der Waals surface area contributed by atoms with Crippen LogP contribution >= 0.6 is 23.1 Å². The number of esters is 1. The zero-order valence-corrected chi connectivity index (χ0v) is 11.7. The van der Waals surface area contributed by atoms with Gasteiger partial charge in [-0.3, -0.25) is 4.79 Å². The zero-order chi connectivity index (χ0) is 13.0. The first-order chi connectivity index (χ1) is 8.76. The third-order valence-corrected chi connectivity index (χ3v) is 4.84. The summed E-state index contributed by atoms with van der Waals surface area (Å²) in [4.78, 5) is 11.2. The Morgan fingerprint density at radius 2 is 2.33 bits per heavy atom. The molecule has 1 aromatic heterocycles. The van der Waals surface area contributed by atoms with E-state index < -0.39 is 0 Å². The molecule has 0 amide bonds. The van der Waals surface area contributed by atoms with E-state index in [1.54, 1.807) is 11.3 Å². The second kappa shape index (κ2) is 6.02. The van der Waals surface area contributed by atoms with E-state index in [1.807, 2.05) is 18.2 Å². The normalized spacial score (nSPS) is 10.5. The summed E-state index contributed by atoms with van der Waals surface area (Å²) in [5.41, 5.74) is 1.18. The maximum atomic E-state index is 11.2. The van der Waals surface area contributed by atoms with Gasteiger partial charge in [-0.1, -0.05) is 30.0 Å². The van der Waals surface area contributed by atoms with E-state index in [9.17, 15) is 4.79 Å². The van der Waals surface area contributed by atoms with Crippen LogP contribution in [0, 0.1) is 0 Å². The number of para-hydroxylation sites is 1. The minimum Gasteiger partial charge on any atom is -0.468 e. The number of fused-ring (bicyclic) bond motifs is 1. The summed E-state index contributed by atoms with van der Waals surface area (Å²) in [7, 11) is 1.41. The fraction of sp³-hybridized carbons (Fsp3) is 0.231. The van der Waals surface area contributed by atoms with E-state index in [1.165, 1.54) is 29.1 Å². The predicted molar refractivity (Wildman–Crippen MR) is 75.0 cm³/mol. The molecule has 0 aliphatic heterocycles. The second-order valence-electron chi connectivity index (χ2n) is 3.60. The first-order valence-electron chi connectivity index (χ1n) is 5.48. The first-order valence-corrected chi connectivity index (χ1v) is 7.28. The summed E-state index contributed by atoms with van der Waals surface area (Å²) in [6.07, 6.45) is 1.86. The molecule has 0 atom stereocenters. The highest BCUT2D eigenvalue weighted by Gasteiger charge is 2.20. The SMILES string of the molecule is C=CC[n+]1c(SCC(=O)OC)sc2ccccc21. The average molecular weight is 280 g/mol. The lowest BCUT2D eigenvalue weighted by Crippen LogP contribution is -2.33. The van der Waals surface area contributed by atoms with Gasteiger partial charge in [0.1, 0.15) is 10.5 Å². The zero-order valence-electron chi connectivity index (χ0n) is 10.1. The van der Waals surface area contributed by atoms with Gasteiger partial charge in [0.25, 0.3) is 4.34 Å². The van der Waals surface area contributed by atoms with Gasteiger partial charge in [-0.2, -0.15) is 4.57 Å². The molecule has 94 valence electrons. The lowest BCUT2D eigenvalue weighted by Gasteiger charge is -1.96. The highest BCUT2D eigenvalue weighted by atomic mass is 32.2. The van der Waals surface area contributed by atoms with Crippen molar-refractivity contribution in [3.8, 4) is 0 Å². The number of aromatic nitrogens is 1. The van der Waals surface area contributed by atoms with Crippen LogP contribution in [-0.2, 0) is 16.1 Å². The van der Waals surface area contributed by atoms with Crippen molar-refractivity contribution in [2.75, 3.05) is 12.9 Å². The van der Waals surface area contributed by atoms with E-state index in [0.29, 0.717) is 5.75 Å². The van der Waals surface area contributed by atoms with Crippen LogP contribution in [0.2, 0.25) is 0 Å². The summed E-state index contributed by atoms with van der Waals surface area (Å²) in [6.45, 7) is 4.52. The van der Waals surface area contributed by atoms with Crippen molar-refractivity contribution in [1.29, 1.82) is 0 Å². The number of allylic oxidation sites excluding steroid dienone is 1. The van der Waals surface area contributed by atoms with Gasteiger partial charge in [0.2, 0.25) is 5.52 Å². The molecule has 0 aliphatic carbocycles. The maximum Gasteiger partial charge on any atom is 0.316 e. The van der Waals surface area contributed by atoms with Crippen molar-refractivity contribution in [2.24, 2.45) is 0 Å². The third kappa shape index (κ3) is 2.73. The fourth-order valence-corrected chi connectivity index (χ4v) is 3.87. The summed E-state index contributed by atoms with van der Waals surface area (Å²) in [5.74, 6) is 0.128. The van der Waals surface area contributed by atoms with Crippen LogP contribution in [0.4, 0.5) is 0 Å². The number of thiazole rings is 1. The summed E-state index contributed by atoms with van der Waals surface area (Å²) in [5, 5.41) is 0. The van der Waals surface area contributed by atoms with Crippen LogP contribution in [0.3, 0.4) is 0 Å². The van der Waals surface area contributed by atoms with Crippen LogP contribution in [0.25, 0.3) is 10.2 Å². The molecule has 0 saturated carbocycles. The Labute approximate surface area is 114 Å². The third-order valence-electron chi connectivity index (χ3n) is 2.43. The summed E-state index contributed by atoms with van der Waals surface area (Å²) in [6, 6.07) is 8.20. The molecule has 0 saturated heterocycles. The largest absolute Gasteiger partial charge is 0.468 e. The van der Waals surface area contributed by atoms with E-state index in [0.717, 1.165) is 10.9 Å². The standard InChI is InChI=1S/C13H14NO2S2/c1-3-8-14-10-6-4-5-7-11(10)18-13(14)17-9-12(15)16-2/h3-7H,1,8-9H2,2H3/q+1. The van der Waals surface area contributed by atoms with E-state index in [2.05, 4.69) is 28.0 Å². The molecule has 2 rings (SSSR count). The molecule has 1 aromatic carbocycles. The molecule has 0 aliphatic rings. The Hall–Kier alpha value is -1.33. The van der Waals surface area contributed by atoms with Crippen LogP contribution in [-0.4, -0.2) is 18.8 Å². The smallest absolute Gasteiger partial charge is 0.316 e. The van der Waals surface area contributed by atoms with Crippen molar-refractivity contribution >= 4 is 39.3 Å². The number of rotatable bonds is 5. The number of hydrogen-bond donors (Lipinski definition) is 0. The number of benzene rings is 1. The fourth-order valence-electron chi connectivity index (χ4n) is 1.60. The number of thioether (sulfide) groups is 1. The number of hydrogen-bond acceptors (Lipinski definition) is 4. The number of carbonyl (C=O) groups excluding carboxylic acids is 1. The lowest BCUT2D eigenvalue weighted by molar-refractivity contribution is -0.692. The highest BCUT2D eigenvalue weighted by Crippen LogP contribution is 2.27. The topological polar surface area (TPSA) is 30.2 Å². The van der Waals surface area contributed by atoms with E-state index >= 15 is 0 Å². The average Bonchev–Trinajstić information content (AvgIpc) is 2.75.